The minimum atomic E-state index is -0.219. The molecule has 0 atom stereocenters. The number of carbonyl (C=O) groups excluding carboxylic acids is 1. The van der Waals surface area contributed by atoms with Gasteiger partial charge in [-0.1, -0.05) is 32.9 Å². The first-order chi connectivity index (χ1) is 11.0. The fraction of sp³-hybridized carbons (Fsp3) is 0.500. The fourth-order valence-electron chi connectivity index (χ4n) is 1.78. The molecule has 0 bridgehead atoms. The average Bonchev–Trinajstić information content (AvgIpc) is 3.00. The maximum atomic E-state index is 12.1. The zero-order chi connectivity index (χ0) is 16.8. The molecule has 1 amide bonds. The molecule has 0 aliphatic carbocycles. The predicted molar refractivity (Wildman–Crippen MR) is 87.1 cm³/mol. The van der Waals surface area contributed by atoms with Crippen molar-refractivity contribution in [2.45, 2.75) is 40.2 Å². The van der Waals surface area contributed by atoms with Gasteiger partial charge < -0.3 is 15.2 Å². The van der Waals surface area contributed by atoms with Crippen LogP contribution in [0, 0.1) is 5.92 Å². The van der Waals surface area contributed by atoms with Gasteiger partial charge in [0.1, 0.15) is 5.82 Å². The molecular weight excluding hydrogens is 294 g/mol. The maximum Gasteiger partial charge on any atom is 0.253 e. The number of anilines is 1. The molecule has 0 radical (unpaired) electrons. The number of amides is 1. The lowest BCUT2D eigenvalue weighted by Crippen LogP contribution is -2.23. The summed E-state index contributed by atoms with van der Waals surface area (Å²) in [4.78, 5) is 20.5. The van der Waals surface area contributed by atoms with Crippen LogP contribution >= 0.6 is 0 Å². The molecule has 2 aromatic rings. The number of aromatic nitrogens is 3. The lowest BCUT2D eigenvalue weighted by molar-refractivity contribution is 0.0949. The van der Waals surface area contributed by atoms with Crippen LogP contribution in [0.2, 0.25) is 0 Å². The number of rotatable bonds is 7. The molecule has 2 aromatic heterocycles. The van der Waals surface area contributed by atoms with E-state index in [9.17, 15) is 4.79 Å². The molecule has 7 nitrogen and oxygen atoms in total. The number of hydrogen-bond donors (Lipinski definition) is 2. The van der Waals surface area contributed by atoms with Crippen molar-refractivity contribution in [2.24, 2.45) is 5.92 Å². The van der Waals surface area contributed by atoms with Gasteiger partial charge in [-0.25, -0.2) is 4.98 Å². The summed E-state index contributed by atoms with van der Waals surface area (Å²) >= 11 is 0. The Balaban J connectivity index is 1.87. The highest BCUT2D eigenvalue weighted by atomic mass is 16.5. The summed E-state index contributed by atoms with van der Waals surface area (Å²) in [6.07, 6.45) is 1.55. The number of nitrogens with zero attached hydrogens (tertiary/aromatic N) is 3. The van der Waals surface area contributed by atoms with Gasteiger partial charge in [-0.3, -0.25) is 4.79 Å². The van der Waals surface area contributed by atoms with Crippen molar-refractivity contribution in [1.82, 2.24) is 20.4 Å². The van der Waals surface area contributed by atoms with Crippen LogP contribution in [0.4, 0.5) is 5.82 Å². The molecule has 124 valence electrons. The van der Waals surface area contributed by atoms with Gasteiger partial charge in [0.2, 0.25) is 5.89 Å². The molecule has 2 heterocycles. The molecule has 0 saturated heterocycles. The van der Waals surface area contributed by atoms with Crippen LogP contribution < -0.4 is 10.6 Å². The second-order valence-corrected chi connectivity index (χ2v) is 6.09. The molecule has 0 unspecified atom stereocenters. The van der Waals surface area contributed by atoms with E-state index in [4.69, 9.17) is 4.52 Å². The number of nitrogens with one attached hydrogen (secondary N) is 2. The van der Waals surface area contributed by atoms with Crippen LogP contribution in [-0.4, -0.2) is 27.6 Å². The summed E-state index contributed by atoms with van der Waals surface area (Å²) in [5, 5.41) is 9.79. The van der Waals surface area contributed by atoms with Crippen molar-refractivity contribution in [3.63, 3.8) is 0 Å². The zero-order valence-electron chi connectivity index (χ0n) is 14.0. The van der Waals surface area contributed by atoms with E-state index in [2.05, 4.69) is 39.6 Å². The average molecular weight is 317 g/mol. The first-order valence-corrected chi connectivity index (χ1v) is 7.76. The number of carbonyl (C=O) groups is 1. The largest absolute Gasteiger partial charge is 0.370 e. The van der Waals surface area contributed by atoms with Crippen LogP contribution in [0.1, 0.15) is 55.7 Å². The highest BCUT2D eigenvalue weighted by Gasteiger charge is 2.12. The van der Waals surface area contributed by atoms with Crippen molar-refractivity contribution in [1.29, 1.82) is 0 Å². The van der Waals surface area contributed by atoms with Gasteiger partial charge in [-0.15, -0.1) is 0 Å². The van der Waals surface area contributed by atoms with Crippen molar-refractivity contribution in [2.75, 3.05) is 11.9 Å². The Morgan fingerprint density at radius 2 is 2.04 bits per heavy atom. The number of hydrogen-bond acceptors (Lipinski definition) is 6. The Hall–Kier alpha value is -2.44. The SMILES string of the molecule is CC(C)CNc1ccc(C(=O)NCc2noc(C(C)C)n2)cn1. The summed E-state index contributed by atoms with van der Waals surface area (Å²) in [6.45, 7) is 9.25. The minimum Gasteiger partial charge on any atom is -0.370 e. The molecule has 2 N–H and O–H groups in total. The van der Waals surface area contributed by atoms with Crippen LogP contribution in [0.3, 0.4) is 0 Å². The molecule has 0 aromatic carbocycles. The third kappa shape index (κ3) is 5.05. The molecule has 0 spiro atoms. The second kappa shape index (κ2) is 7.71. The second-order valence-electron chi connectivity index (χ2n) is 6.09. The minimum absolute atomic E-state index is 0.169. The Bertz CT molecular complexity index is 634. The van der Waals surface area contributed by atoms with Gasteiger partial charge in [-0.05, 0) is 18.1 Å². The maximum absolute atomic E-state index is 12.1. The van der Waals surface area contributed by atoms with Crippen LogP contribution in [0.25, 0.3) is 0 Å². The third-order valence-corrected chi connectivity index (χ3v) is 3.10. The van der Waals surface area contributed by atoms with Crippen LogP contribution in [0.15, 0.2) is 22.9 Å². The van der Waals surface area contributed by atoms with Crippen molar-refractivity contribution >= 4 is 11.7 Å². The van der Waals surface area contributed by atoms with Gasteiger partial charge in [-0.2, -0.15) is 4.98 Å². The molecule has 0 aliphatic rings. The molecule has 2 rings (SSSR count). The van der Waals surface area contributed by atoms with E-state index in [0.717, 1.165) is 12.4 Å². The van der Waals surface area contributed by atoms with Crippen LogP contribution in [0.5, 0.6) is 0 Å². The summed E-state index contributed by atoms with van der Waals surface area (Å²) in [6, 6.07) is 3.53. The molecule has 23 heavy (non-hydrogen) atoms. The predicted octanol–water partition coefficient (Wildman–Crippen LogP) is 2.59. The quantitative estimate of drug-likeness (QED) is 0.815. The van der Waals surface area contributed by atoms with Gasteiger partial charge >= 0.3 is 0 Å². The Morgan fingerprint density at radius 3 is 2.61 bits per heavy atom. The molecule has 0 aliphatic heterocycles. The van der Waals surface area contributed by atoms with Gasteiger partial charge in [0.15, 0.2) is 5.82 Å². The van der Waals surface area contributed by atoms with E-state index >= 15 is 0 Å². The van der Waals surface area contributed by atoms with Crippen molar-refractivity contribution < 1.29 is 9.32 Å². The number of pyridine rings is 1. The monoisotopic (exact) mass is 317 g/mol. The smallest absolute Gasteiger partial charge is 0.253 e. The molecule has 0 fully saturated rings. The summed E-state index contributed by atoms with van der Waals surface area (Å²) in [5.74, 6) is 2.27. The normalized spacial score (nSPS) is 11.0. The molecule has 7 heteroatoms. The first kappa shape index (κ1) is 16.9. The summed E-state index contributed by atoms with van der Waals surface area (Å²) in [7, 11) is 0. The Kier molecular flexibility index (Phi) is 5.67. The zero-order valence-corrected chi connectivity index (χ0v) is 14.0. The van der Waals surface area contributed by atoms with E-state index in [1.165, 1.54) is 0 Å². The molecule has 0 saturated carbocycles. The van der Waals surface area contributed by atoms with E-state index < -0.39 is 0 Å². The standard InChI is InChI=1S/C16H23N5O2/c1-10(2)7-17-13-6-5-12(8-18-13)15(22)19-9-14-20-16(11(3)4)23-21-14/h5-6,8,10-11H,7,9H2,1-4H3,(H,17,18)(H,19,22). The van der Waals surface area contributed by atoms with E-state index in [0.29, 0.717) is 23.2 Å². The Labute approximate surface area is 135 Å². The van der Waals surface area contributed by atoms with Gasteiger partial charge in [0.25, 0.3) is 5.91 Å². The molecular formula is C16H23N5O2. The fourth-order valence-corrected chi connectivity index (χ4v) is 1.78. The van der Waals surface area contributed by atoms with E-state index in [1.807, 2.05) is 13.8 Å². The third-order valence-electron chi connectivity index (χ3n) is 3.10. The topological polar surface area (TPSA) is 92.9 Å². The highest BCUT2D eigenvalue weighted by Crippen LogP contribution is 2.11. The lowest BCUT2D eigenvalue weighted by atomic mass is 10.2. The van der Waals surface area contributed by atoms with E-state index in [1.54, 1.807) is 18.3 Å². The summed E-state index contributed by atoms with van der Waals surface area (Å²) in [5.41, 5.74) is 0.493. The van der Waals surface area contributed by atoms with Crippen LogP contribution in [-0.2, 0) is 6.54 Å². The van der Waals surface area contributed by atoms with E-state index in [-0.39, 0.29) is 18.4 Å². The van der Waals surface area contributed by atoms with Gasteiger partial charge in [0, 0.05) is 18.7 Å². The Morgan fingerprint density at radius 1 is 1.26 bits per heavy atom. The van der Waals surface area contributed by atoms with Crippen molar-refractivity contribution in [3.05, 3.63) is 35.6 Å². The van der Waals surface area contributed by atoms with Crippen molar-refractivity contribution in [3.8, 4) is 0 Å². The summed E-state index contributed by atoms with van der Waals surface area (Å²) < 4.78 is 5.09. The first-order valence-electron chi connectivity index (χ1n) is 7.76. The van der Waals surface area contributed by atoms with Gasteiger partial charge in [0.05, 0.1) is 12.1 Å². The highest BCUT2D eigenvalue weighted by molar-refractivity contribution is 5.93. The lowest BCUT2D eigenvalue weighted by Gasteiger charge is -2.08.